The van der Waals surface area contributed by atoms with Crippen LogP contribution < -0.4 is 5.32 Å². The minimum Gasteiger partial charge on any atom is -0.376 e. The first-order chi connectivity index (χ1) is 8.28. The van der Waals surface area contributed by atoms with E-state index < -0.39 is 0 Å². The molecular formula is C11H16ClN3O2. The summed E-state index contributed by atoms with van der Waals surface area (Å²) in [5, 5.41) is 6.92. The maximum atomic E-state index is 11.3. The average Bonchev–Trinajstić information content (AvgIpc) is 2.91. The van der Waals surface area contributed by atoms with Gasteiger partial charge < -0.3 is 10.1 Å². The van der Waals surface area contributed by atoms with E-state index in [1.54, 1.807) is 10.9 Å². The van der Waals surface area contributed by atoms with Gasteiger partial charge >= 0.3 is 0 Å². The van der Waals surface area contributed by atoms with Gasteiger partial charge in [0.1, 0.15) is 0 Å². The third-order valence-electron chi connectivity index (χ3n) is 2.65. The van der Waals surface area contributed by atoms with Gasteiger partial charge in [0, 0.05) is 25.1 Å². The Labute approximate surface area is 105 Å². The lowest BCUT2D eigenvalue weighted by atomic mass is 10.2. The van der Waals surface area contributed by atoms with Crippen molar-refractivity contribution in [3.05, 3.63) is 12.4 Å². The number of carbonyl (C=O) groups is 1. The minimum absolute atomic E-state index is 0.0864. The second-order valence-corrected chi connectivity index (χ2v) is 4.45. The van der Waals surface area contributed by atoms with Crippen LogP contribution >= 0.6 is 11.6 Å². The molecule has 2 rings (SSSR count). The van der Waals surface area contributed by atoms with Gasteiger partial charge in [-0.25, -0.2) is 0 Å². The number of rotatable bonds is 5. The number of carbonyl (C=O) groups excluding carboxylic acids is 1. The second kappa shape index (κ2) is 6.02. The highest BCUT2D eigenvalue weighted by atomic mass is 35.5. The van der Waals surface area contributed by atoms with Gasteiger partial charge in [0.15, 0.2) is 0 Å². The molecule has 1 aliphatic rings. The number of halogens is 1. The normalized spacial score (nSPS) is 19.5. The third-order valence-corrected chi connectivity index (χ3v) is 2.84. The first-order valence-corrected chi connectivity index (χ1v) is 6.31. The molecule has 2 heterocycles. The van der Waals surface area contributed by atoms with Crippen molar-refractivity contribution in [3.63, 3.8) is 0 Å². The molecule has 5 nitrogen and oxygen atoms in total. The highest BCUT2D eigenvalue weighted by Gasteiger charge is 2.16. The van der Waals surface area contributed by atoms with Crippen LogP contribution in [0.2, 0.25) is 0 Å². The lowest BCUT2D eigenvalue weighted by Crippen LogP contribution is -2.15. The van der Waals surface area contributed by atoms with E-state index in [-0.39, 0.29) is 12.0 Å². The summed E-state index contributed by atoms with van der Waals surface area (Å²) >= 11 is 5.48. The summed E-state index contributed by atoms with van der Waals surface area (Å²) in [6, 6.07) is 0. The third kappa shape index (κ3) is 3.71. The van der Waals surface area contributed by atoms with Gasteiger partial charge in [-0.3, -0.25) is 9.48 Å². The van der Waals surface area contributed by atoms with Crippen LogP contribution in [-0.2, 0) is 16.1 Å². The summed E-state index contributed by atoms with van der Waals surface area (Å²) in [4.78, 5) is 11.3. The van der Waals surface area contributed by atoms with Crippen LogP contribution in [0.5, 0.6) is 0 Å². The molecule has 0 bridgehead atoms. The Morgan fingerprint density at radius 2 is 2.59 bits per heavy atom. The fourth-order valence-corrected chi connectivity index (χ4v) is 2.01. The number of hydrogen-bond acceptors (Lipinski definition) is 3. The number of ether oxygens (including phenoxy) is 1. The Balaban J connectivity index is 1.84. The number of amides is 1. The lowest BCUT2D eigenvalue weighted by molar-refractivity contribution is -0.115. The SMILES string of the molecule is O=C(CCCl)Nc1cnn(CC2CCCO2)c1. The number of nitrogens with one attached hydrogen (secondary N) is 1. The number of anilines is 1. The van der Waals surface area contributed by atoms with Crippen LogP contribution in [0, 0.1) is 0 Å². The summed E-state index contributed by atoms with van der Waals surface area (Å²) in [5.74, 6) is 0.243. The zero-order chi connectivity index (χ0) is 12.1. The standard InChI is InChI=1S/C11H16ClN3O2/c12-4-3-11(16)14-9-6-13-15(7-9)8-10-2-1-5-17-10/h6-7,10H,1-5,8H2,(H,14,16). The molecule has 17 heavy (non-hydrogen) atoms. The molecule has 1 atom stereocenters. The quantitative estimate of drug-likeness (QED) is 0.816. The predicted octanol–water partition coefficient (Wildman–Crippen LogP) is 1.63. The first kappa shape index (κ1) is 12.4. The minimum atomic E-state index is -0.0864. The van der Waals surface area contributed by atoms with Crippen molar-refractivity contribution in [2.24, 2.45) is 0 Å². The van der Waals surface area contributed by atoms with E-state index in [1.165, 1.54) is 0 Å². The fourth-order valence-electron chi connectivity index (χ4n) is 1.83. The Hall–Kier alpha value is -1.07. The molecule has 0 spiro atoms. The number of alkyl halides is 1. The molecule has 0 aliphatic carbocycles. The zero-order valence-corrected chi connectivity index (χ0v) is 10.3. The molecule has 1 aromatic heterocycles. The van der Waals surface area contributed by atoms with Gasteiger partial charge in [0.25, 0.3) is 0 Å². The van der Waals surface area contributed by atoms with Gasteiger partial charge in [-0.05, 0) is 12.8 Å². The summed E-state index contributed by atoms with van der Waals surface area (Å²) in [7, 11) is 0. The molecule has 1 N–H and O–H groups in total. The highest BCUT2D eigenvalue weighted by molar-refractivity contribution is 6.19. The van der Waals surface area contributed by atoms with E-state index in [2.05, 4.69) is 10.4 Å². The maximum Gasteiger partial charge on any atom is 0.225 e. The maximum absolute atomic E-state index is 11.3. The Morgan fingerprint density at radius 3 is 3.29 bits per heavy atom. The fraction of sp³-hybridized carbons (Fsp3) is 0.636. The Bertz CT molecular complexity index is 375. The molecule has 1 fully saturated rings. The smallest absolute Gasteiger partial charge is 0.225 e. The van der Waals surface area contributed by atoms with Crippen molar-refractivity contribution < 1.29 is 9.53 Å². The van der Waals surface area contributed by atoms with Crippen molar-refractivity contribution in [1.29, 1.82) is 0 Å². The van der Waals surface area contributed by atoms with E-state index in [4.69, 9.17) is 16.3 Å². The van der Waals surface area contributed by atoms with Crippen LogP contribution in [0.15, 0.2) is 12.4 Å². The summed E-state index contributed by atoms with van der Waals surface area (Å²) in [5.41, 5.74) is 0.707. The number of aromatic nitrogens is 2. The lowest BCUT2D eigenvalue weighted by Gasteiger charge is -2.08. The molecule has 1 amide bonds. The first-order valence-electron chi connectivity index (χ1n) is 5.78. The molecular weight excluding hydrogens is 242 g/mol. The van der Waals surface area contributed by atoms with Gasteiger partial charge in [0.2, 0.25) is 5.91 Å². The van der Waals surface area contributed by atoms with Gasteiger partial charge in [-0.1, -0.05) is 0 Å². The van der Waals surface area contributed by atoms with Crippen molar-refractivity contribution in [2.45, 2.75) is 31.9 Å². The second-order valence-electron chi connectivity index (χ2n) is 4.07. The molecule has 0 radical (unpaired) electrons. The van der Waals surface area contributed by atoms with E-state index >= 15 is 0 Å². The molecule has 1 saturated heterocycles. The molecule has 0 aromatic carbocycles. The Morgan fingerprint density at radius 1 is 1.71 bits per heavy atom. The zero-order valence-electron chi connectivity index (χ0n) is 9.56. The van der Waals surface area contributed by atoms with Crippen LogP contribution in [-0.4, -0.2) is 34.3 Å². The average molecular weight is 258 g/mol. The van der Waals surface area contributed by atoms with E-state index in [0.29, 0.717) is 18.0 Å². The number of hydrogen-bond donors (Lipinski definition) is 1. The molecule has 6 heteroatoms. The van der Waals surface area contributed by atoms with E-state index in [1.807, 2.05) is 6.20 Å². The Kier molecular flexibility index (Phi) is 4.39. The van der Waals surface area contributed by atoms with Gasteiger partial charge in [0.05, 0.1) is 24.5 Å². The van der Waals surface area contributed by atoms with Crippen LogP contribution in [0.4, 0.5) is 5.69 Å². The monoisotopic (exact) mass is 257 g/mol. The van der Waals surface area contributed by atoms with E-state index in [0.717, 1.165) is 26.0 Å². The molecule has 1 aromatic rings. The van der Waals surface area contributed by atoms with Crippen LogP contribution in [0.3, 0.4) is 0 Å². The summed E-state index contributed by atoms with van der Waals surface area (Å²) in [6.07, 6.45) is 6.22. The molecule has 0 saturated carbocycles. The van der Waals surface area contributed by atoms with Crippen molar-refractivity contribution in [3.8, 4) is 0 Å². The topological polar surface area (TPSA) is 56.2 Å². The molecule has 1 aliphatic heterocycles. The van der Waals surface area contributed by atoms with Gasteiger partial charge in [-0.2, -0.15) is 5.10 Å². The summed E-state index contributed by atoms with van der Waals surface area (Å²) in [6.45, 7) is 1.58. The van der Waals surface area contributed by atoms with Crippen molar-refractivity contribution >= 4 is 23.2 Å². The largest absolute Gasteiger partial charge is 0.376 e. The van der Waals surface area contributed by atoms with Crippen molar-refractivity contribution in [1.82, 2.24) is 9.78 Å². The van der Waals surface area contributed by atoms with E-state index in [9.17, 15) is 4.79 Å². The van der Waals surface area contributed by atoms with Crippen LogP contribution in [0.1, 0.15) is 19.3 Å². The molecule has 94 valence electrons. The van der Waals surface area contributed by atoms with Gasteiger partial charge in [-0.15, -0.1) is 11.6 Å². The van der Waals surface area contributed by atoms with Crippen LogP contribution in [0.25, 0.3) is 0 Å². The predicted molar refractivity (Wildman–Crippen MR) is 65.2 cm³/mol. The van der Waals surface area contributed by atoms with Crippen molar-refractivity contribution in [2.75, 3.05) is 17.8 Å². The number of nitrogens with zero attached hydrogens (tertiary/aromatic N) is 2. The highest BCUT2D eigenvalue weighted by Crippen LogP contribution is 2.14. The molecule has 1 unspecified atom stereocenters. The summed E-state index contributed by atoms with van der Waals surface area (Å²) < 4.78 is 7.32.